The van der Waals surface area contributed by atoms with Gasteiger partial charge in [0, 0.05) is 25.1 Å². The molecule has 0 spiro atoms. The molecule has 1 aliphatic carbocycles. The van der Waals surface area contributed by atoms with E-state index in [4.69, 9.17) is 4.74 Å². The number of ether oxygens (including phenoxy) is 1. The number of hydrogen-bond acceptors (Lipinski definition) is 3. The van der Waals surface area contributed by atoms with Crippen LogP contribution in [0, 0.1) is 5.82 Å². The molecule has 132 valence electrons. The van der Waals surface area contributed by atoms with Gasteiger partial charge in [-0.3, -0.25) is 4.99 Å². The zero-order valence-corrected chi connectivity index (χ0v) is 14.6. The topological polar surface area (TPSA) is 58.5 Å². The summed E-state index contributed by atoms with van der Waals surface area (Å²) < 4.78 is 18.6. The van der Waals surface area contributed by atoms with Crippen molar-refractivity contribution in [2.24, 2.45) is 4.99 Å². The molecule has 1 fully saturated rings. The van der Waals surface area contributed by atoms with Gasteiger partial charge in [-0.1, -0.05) is 18.2 Å². The van der Waals surface area contributed by atoms with E-state index in [0.717, 1.165) is 30.6 Å². The second-order valence-electron chi connectivity index (χ2n) is 6.24. The summed E-state index contributed by atoms with van der Waals surface area (Å²) in [5, 5.41) is 6.59. The van der Waals surface area contributed by atoms with Crippen molar-refractivity contribution in [3.05, 3.63) is 59.5 Å². The highest BCUT2D eigenvalue weighted by Gasteiger charge is 2.44. The lowest BCUT2D eigenvalue weighted by Gasteiger charge is -2.19. The summed E-state index contributed by atoms with van der Waals surface area (Å²) in [5.41, 5.74) is 1.92. The predicted molar refractivity (Wildman–Crippen MR) is 96.3 cm³/mol. The molecule has 2 N–H and O–H groups in total. The van der Waals surface area contributed by atoms with E-state index < -0.39 is 0 Å². The first-order valence-corrected chi connectivity index (χ1v) is 8.36. The molecule has 1 saturated carbocycles. The van der Waals surface area contributed by atoms with Gasteiger partial charge in [0.15, 0.2) is 5.96 Å². The number of hydrogen-bond donors (Lipinski definition) is 2. The Hall–Kier alpha value is -2.63. The third-order valence-electron chi connectivity index (χ3n) is 4.54. The smallest absolute Gasteiger partial charge is 0.213 e. The maximum atomic E-state index is 13.5. The fraction of sp³-hybridized carbons (Fsp3) is 0.368. The fourth-order valence-corrected chi connectivity index (χ4v) is 2.85. The number of rotatable bonds is 6. The van der Waals surface area contributed by atoms with E-state index in [1.54, 1.807) is 26.3 Å². The van der Waals surface area contributed by atoms with Gasteiger partial charge in [-0.05, 0) is 36.6 Å². The van der Waals surface area contributed by atoms with E-state index in [9.17, 15) is 4.39 Å². The largest absolute Gasteiger partial charge is 0.481 e. The second-order valence-corrected chi connectivity index (χ2v) is 6.24. The Balaban J connectivity index is 1.56. The van der Waals surface area contributed by atoms with Gasteiger partial charge in [-0.15, -0.1) is 0 Å². The number of guanidine groups is 1. The van der Waals surface area contributed by atoms with Crippen LogP contribution in [-0.2, 0) is 12.0 Å². The Morgan fingerprint density at radius 1 is 1.24 bits per heavy atom. The molecule has 25 heavy (non-hydrogen) atoms. The van der Waals surface area contributed by atoms with Crippen LogP contribution in [0.3, 0.4) is 0 Å². The molecule has 1 aromatic carbocycles. The Morgan fingerprint density at radius 3 is 2.72 bits per heavy atom. The maximum absolute atomic E-state index is 13.5. The summed E-state index contributed by atoms with van der Waals surface area (Å²) in [4.78, 5) is 8.62. The molecule has 0 atom stereocenters. The van der Waals surface area contributed by atoms with Gasteiger partial charge < -0.3 is 15.4 Å². The Labute approximate surface area is 147 Å². The van der Waals surface area contributed by atoms with Gasteiger partial charge in [-0.2, -0.15) is 0 Å². The van der Waals surface area contributed by atoms with Gasteiger partial charge >= 0.3 is 0 Å². The zero-order chi connectivity index (χ0) is 17.7. The number of nitrogens with zero attached hydrogens (tertiary/aromatic N) is 2. The maximum Gasteiger partial charge on any atom is 0.213 e. The first-order chi connectivity index (χ1) is 12.1. The van der Waals surface area contributed by atoms with Crippen LogP contribution >= 0.6 is 0 Å². The highest BCUT2D eigenvalue weighted by molar-refractivity contribution is 5.79. The van der Waals surface area contributed by atoms with E-state index >= 15 is 0 Å². The number of aromatic nitrogens is 1. The van der Waals surface area contributed by atoms with Crippen molar-refractivity contribution >= 4 is 5.96 Å². The molecule has 1 aromatic heterocycles. The fourth-order valence-electron chi connectivity index (χ4n) is 2.85. The molecule has 0 unspecified atom stereocenters. The average molecular weight is 342 g/mol. The lowest BCUT2D eigenvalue weighted by atomic mass is 9.96. The SMILES string of the molecule is CN=C(NCc1cccc(OC)n1)NCC1(c2cccc(F)c2)CC1. The molecule has 6 heteroatoms. The van der Waals surface area contributed by atoms with Gasteiger partial charge in [0.1, 0.15) is 5.82 Å². The normalized spacial score (nSPS) is 15.6. The number of aliphatic imine (C=N–C) groups is 1. The molecule has 1 aliphatic rings. The first-order valence-electron chi connectivity index (χ1n) is 8.36. The van der Waals surface area contributed by atoms with Crippen LogP contribution in [0.5, 0.6) is 5.88 Å². The summed E-state index contributed by atoms with van der Waals surface area (Å²) in [6.45, 7) is 1.27. The predicted octanol–water partition coefficient (Wildman–Crippen LogP) is 2.63. The van der Waals surface area contributed by atoms with Crippen molar-refractivity contribution in [2.45, 2.75) is 24.8 Å². The molecular formula is C19H23FN4O. The first kappa shape index (κ1) is 17.2. The van der Waals surface area contributed by atoms with Crippen molar-refractivity contribution in [3.63, 3.8) is 0 Å². The van der Waals surface area contributed by atoms with E-state index in [0.29, 0.717) is 18.4 Å². The van der Waals surface area contributed by atoms with Crippen molar-refractivity contribution in [2.75, 3.05) is 20.7 Å². The van der Waals surface area contributed by atoms with Crippen molar-refractivity contribution in [1.29, 1.82) is 0 Å². The van der Waals surface area contributed by atoms with E-state index in [1.165, 1.54) is 6.07 Å². The van der Waals surface area contributed by atoms with Crippen LogP contribution in [-0.4, -0.2) is 31.6 Å². The molecular weight excluding hydrogens is 319 g/mol. The van der Waals surface area contributed by atoms with Crippen LogP contribution in [0.4, 0.5) is 4.39 Å². The van der Waals surface area contributed by atoms with E-state index in [-0.39, 0.29) is 11.2 Å². The monoisotopic (exact) mass is 342 g/mol. The summed E-state index contributed by atoms with van der Waals surface area (Å²) in [7, 11) is 3.33. The minimum absolute atomic E-state index is 0.00787. The number of halogens is 1. The highest BCUT2D eigenvalue weighted by atomic mass is 19.1. The Morgan fingerprint density at radius 2 is 2.04 bits per heavy atom. The van der Waals surface area contributed by atoms with Crippen LogP contribution in [0.1, 0.15) is 24.1 Å². The van der Waals surface area contributed by atoms with Crippen molar-refractivity contribution < 1.29 is 9.13 Å². The van der Waals surface area contributed by atoms with E-state index in [2.05, 4.69) is 20.6 Å². The van der Waals surface area contributed by atoms with Gasteiger partial charge in [0.2, 0.25) is 5.88 Å². The molecule has 3 rings (SSSR count). The molecule has 2 aromatic rings. The number of benzene rings is 1. The lowest BCUT2D eigenvalue weighted by molar-refractivity contribution is 0.396. The van der Waals surface area contributed by atoms with Gasteiger partial charge in [0.25, 0.3) is 0 Å². The van der Waals surface area contributed by atoms with Crippen LogP contribution < -0.4 is 15.4 Å². The number of nitrogens with one attached hydrogen (secondary N) is 2. The summed E-state index contributed by atoms with van der Waals surface area (Å²) in [5.74, 6) is 1.10. The summed E-state index contributed by atoms with van der Waals surface area (Å²) in [6.07, 6.45) is 2.11. The minimum atomic E-state index is -0.185. The molecule has 0 saturated heterocycles. The van der Waals surface area contributed by atoms with Crippen LogP contribution in [0.15, 0.2) is 47.5 Å². The lowest BCUT2D eigenvalue weighted by Crippen LogP contribution is -2.41. The van der Waals surface area contributed by atoms with Crippen LogP contribution in [0.2, 0.25) is 0 Å². The Bertz CT molecular complexity index is 759. The van der Waals surface area contributed by atoms with Gasteiger partial charge in [0.05, 0.1) is 19.3 Å². The quantitative estimate of drug-likeness (QED) is 0.626. The molecule has 5 nitrogen and oxygen atoms in total. The molecule has 0 aliphatic heterocycles. The molecule has 0 amide bonds. The van der Waals surface area contributed by atoms with Crippen molar-refractivity contribution in [1.82, 2.24) is 15.6 Å². The van der Waals surface area contributed by atoms with E-state index in [1.807, 2.05) is 24.3 Å². The standard InChI is InChI=1S/C19H23FN4O/c1-21-18(22-12-16-7-4-8-17(24-16)25-2)23-13-19(9-10-19)14-5-3-6-15(20)11-14/h3-8,11H,9-10,12-13H2,1-2H3,(H2,21,22,23). The number of pyridine rings is 1. The second kappa shape index (κ2) is 7.51. The van der Waals surface area contributed by atoms with Crippen LogP contribution in [0.25, 0.3) is 0 Å². The average Bonchev–Trinajstić information content (AvgIpc) is 3.43. The molecule has 1 heterocycles. The third-order valence-corrected chi connectivity index (χ3v) is 4.54. The zero-order valence-electron chi connectivity index (χ0n) is 14.6. The van der Waals surface area contributed by atoms with Crippen molar-refractivity contribution in [3.8, 4) is 5.88 Å². The highest BCUT2D eigenvalue weighted by Crippen LogP contribution is 2.47. The Kier molecular flexibility index (Phi) is 5.16. The minimum Gasteiger partial charge on any atom is -0.481 e. The molecule has 0 bridgehead atoms. The number of methoxy groups -OCH3 is 1. The van der Waals surface area contributed by atoms with Gasteiger partial charge in [-0.25, -0.2) is 9.37 Å². The molecule has 0 radical (unpaired) electrons. The summed E-state index contributed by atoms with van der Waals surface area (Å²) >= 11 is 0. The third kappa shape index (κ3) is 4.26. The summed E-state index contributed by atoms with van der Waals surface area (Å²) in [6, 6.07) is 12.5.